The molecule has 4 heteroatoms. The molecule has 1 aromatic heterocycles. The van der Waals surface area contributed by atoms with E-state index in [1.807, 2.05) is 12.1 Å². The highest BCUT2D eigenvalue weighted by Gasteiger charge is 2.29. The van der Waals surface area contributed by atoms with Crippen LogP contribution in [0.4, 0.5) is 0 Å². The molecule has 4 nitrogen and oxygen atoms in total. The van der Waals surface area contributed by atoms with Crippen LogP contribution in [-0.4, -0.2) is 55.1 Å². The van der Waals surface area contributed by atoms with E-state index in [1.54, 1.807) is 6.26 Å². The molecule has 0 bridgehead atoms. The van der Waals surface area contributed by atoms with Crippen molar-refractivity contribution in [2.45, 2.75) is 32.4 Å². The van der Waals surface area contributed by atoms with Gasteiger partial charge in [-0.2, -0.15) is 0 Å². The summed E-state index contributed by atoms with van der Waals surface area (Å²) in [6, 6.07) is 4.24. The van der Waals surface area contributed by atoms with Crippen LogP contribution in [0.25, 0.3) is 0 Å². The second kappa shape index (κ2) is 6.07. The first-order valence-corrected chi connectivity index (χ1v) is 7.19. The van der Waals surface area contributed by atoms with Gasteiger partial charge in [0.1, 0.15) is 5.76 Å². The van der Waals surface area contributed by atoms with Crippen LogP contribution in [0.1, 0.15) is 32.6 Å². The number of hydrogen-bond acceptors (Lipinski definition) is 4. The molecule has 19 heavy (non-hydrogen) atoms. The molecule has 1 saturated heterocycles. The Balaban J connectivity index is 1.83. The zero-order valence-corrected chi connectivity index (χ0v) is 12.6. The number of likely N-dealkylation sites (N-methyl/N-ethyl adjacent to an activating group) is 1. The Kier molecular flexibility index (Phi) is 4.66. The largest absolute Gasteiger partial charge is 0.468 e. The molecule has 1 aliphatic rings. The van der Waals surface area contributed by atoms with Gasteiger partial charge in [0.05, 0.1) is 12.3 Å². The van der Waals surface area contributed by atoms with Gasteiger partial charge in [-0.05, 0) is 40.0 Å². The molecule has 1 aromatic rings. The number of nitrogens with one attached hydrogen (secondary N) is 1. The monoisotopic (exact) mass is 265 g/mol. The first kappa shape index (κ1) is 14.6. The maximum Gasteiger partial charge on any atom is 0.120 e. The fraction of sp³-hybridized carbons (Fsp3) is 0.733. The van der Waals surface area contributed by atoms with Gasteiger partial charge in [0, 0.05) is 38.3 Å². The minimum absolute atomic E-state index is 0.183. The number of piperazine rings is 1. The van der Waals surface area contributed by atoms with Crippen molar-refractivity contribution in [1.82, 2.24) is 15.1 Å². The lowest BCUT2D eigenvalue weighted by molar-refractivity contribution is 0.0600. The Hall–Kier alpha value is -0.840. The Morgan fingerprint density at radius 3 is 2.58 bits per heavy atom. The van der Waals surface area contributed by atoms with E-state index in [4.69, 9.17) is 4.42 Å². The second-order valence-corrected chi connectivity index (χ2v) is 6.22. The third-order valence-electron chi connectivity index (χ3n) is 4.17. The third-order valence-corrected chi connectivity index (χ3v) is 4.17. The molecule has 1 unspecified atom stereocenters. The molecule has 0 aromatic carbocycles. The van der Waals surface area contributed by atoms with Crippen molar-refractivity contribution >= 4 is 0 Å². The lowest BCUT2D eigenvalue weighted by Gasteiger charge is -2.43. The predicted octanol–water partition coefficient (Wildman–Crippen LogP) is 1.96. The molecule has 0 saturated carbocycles. The fourth-order valence-corrected chi connectivity index (χ4v) is 2.56. The Bertz CT molecular complexity index is 367. The van der Waals surface area contributed by atoms with Gasteiger partial charge in [-0.15, -0.1) is 0 Å². The molecule has 108 valence electrons. The molecule has 0 amide bonds. The van der Waals surface area contributed by atoms with E-state index in [0.29, 0.717) is 0 Å². The van der Waals surface area contributed by atoms with E-state index in [9.17, 15) is 0 Å². The maximum absolute atomic E-state index is 5.44. The van der Waals surface area contributed by atoms with Crippen molar-refractivity contribution in [2.75, 3.05) is 39.8 Å². The van der Waals surface area contributed by atoms with Gasteiger partial charge in [-0.25, -0.2) is 0 Å². The normalized spacial score (nSPS) is 20.6. The van der Waals surface area contributed by atoms with Crippen molar-refractivity contribution in [3.63, 3.8) is 0 Å². The van der Waals surface area contributed by atoms with Gasteiger partial charge in [0.15, 0.2) is 0 Å². The first-order chi connectivity index (χ1) is 8.99. The summed E-state index contributed by atoms with van der Waals surface area (Å²) in [5.41, 5.74) is 0.183. The quantitative estimate of drug-likeness (QED) is 0.882. The van der Waals surface area contributed by atoms with Crippen molar-refractivity contribution in [3.8, 4) is 0 Å². The van der Waals surface area contributed by atoms with E-state index in [1.165, 1.54) is 0 Å². The topological polar surface area (TPSA) is 31.6 Å². The van der Waals surface area contributed by atoms with Crippen LogP contribution in [0.15, 0.2) is 22.8 Å². The van der Waals surface area contributed by atoms with Gasteiger partial charge in [0.2, 0.25) is 0 Å². The highest BCUT2D eigenvalue weighted by Crippen LogP contribution is 2.18. The zero-order valence-electron chi connectivity index (χ0n) is 12.6. The minimum Gasteiger partial charge on any atom is -0.468 e. The molecule has 1 fully saturated rings. The highest BCUT2D eigenvalue weighted by atomic mass is 16.3. The van der Waals surface area contributed by atoms with E-state index in [-0.39, 0.29) is 11.6 Å². The minimum atomic E-state index is 0.183. The molecule has 2 rings (SSSR count). The average Bonchev–Trinajstić information content (AvgIpc) is 2.90. The van der Waals surface area contributed by atoms with Gasteiger partial charge in [0.25, 0.3) is 0 Å². The van der Waals surface area contributed by atoms with Crippen molar-refractivity contribution in [3.05, 3.63) is 24.2 Å². The zero-order chi connectivity index (χ0) is 13.9. The molecule has 1 atom stereocenters. The summed E-state index contributed by atoms with van der Waals surface area (Å²) < 4.78 is 5.44. The standard InChI is InChI=1S/C15H27N3O/c1-13(14-6-5-11-19-14)16-12-15(2,3)18-9-7-17(4)8-10-18/h5-6,11,13,16H,7-10,12H2,1-4H3. The number of rotatable bonds is 5. The molecule has 1 aliphatic heterocycles. The van der Waals surface area contributed by atoms with Crippen LogP contribution in [0.3, 0.4) is 0 Å². The van der Waals surface area contributed by atoms with Crippen LogP contribution < -0.4 is 5.32 Å². The number of furan rings is 1. The van der Waals surface area contributed by atoms with Gasteiger partial charge >= 0.3 is 0 Å². The summed E-state index contributed by atoms with van der Waals surface area (Å²) in [5, 5.41) is 3.58. The number of hydrogen-bond donors (Lipinski definition) is 1. The van der Waals surface area contributed by atoms with Crippen LogP contribution in [0, 0.1) is 0 Å². The predicted molar refractivity (Wildman–Crippen MR) is 78.3 cm³/mol. The molecule has 1 N–H and O–H groups in total. The maximum atomic E-state index is 5.44. The Morgan fingerprint density at radius 2 is 2.00 bits per heavy atom. The molecule has 0 radical (unpaired) electrons. The summed E-state index contributed by atoms with van der Waals surface area (Å²) in [5.74, 6) is 1.01. The van der Waals surface area contributed by atoms with E-state index in [2.05, 4.69) is 42.9 Å². The van der Waals surface area contributed by atoms with E-state index < -0.39 is 0 Å². The van der Waals surface area contributed by atoms with Gasteiger partial charge in [-0.1, -0.05) is 0 Å². The van der Waals surface area contributed by atoms with Gasteiger partial charge in [-0.3, -0.25) is 4.90 Å². The van der Waals surface area contributed by atoms with Crippen LogP contribution in [0.5, 0.6) is 0 Å². The van der Waals surface area contributed by atoms with E-state index >= 15 is 0 Å². The van der Waals surface area contributed by atoms with Crippen molar-refractivity contribution < 1.29 is 4.42 Å². The summed E-state index contributed by atoms with van der Waals surface area (Å²) in [7, 11) is 2.20. The smallest absolute Gasteiger partial charge is 0.120 e. The third kappa shape index (κ3) is 3.81. The second-order valence-electron chi connectivity index (χ2n) is 6.22. The molecule has 0 spiro atoms. The highest BCUT2D eigenvalue weighted by molar-refractivity contribution is 5.03. The van der Waals surface area contributed by atoms with Crippen molar-refractivity contribution in [1.29, 1.82) is 0 Å². The summed E-state index contributed by atoms with van der Waals surface area (Å²) >= 11 is 0. The summed E-state index contributed by atoms with van der Waals surface area (Å²) in [6.45, 7) is 12.4. The SMILES string of the molecule is CC(NCC(C)(C)N1CCN(C)CC1)c1ccco1. The van der Waals surface area contributed by atoms with Gasteiger partial charge < -0.3 is 14.6 Å². The summed E-state index contributed by atoms with van der Waals surface area (Å²) in [6.07, 6.45) is 1.74. The van der Waals surface area contributed by atoms with Crippen LogP contribution in [0.2, 0.25) is 0 Å². The van der Waals surface area contributed by atoms with Crippen LogP contribution in [-0.2, 0) is 0 Å². The number of nitrogens with zero attached hydrogens (tertiary/aromatic N) is 2. The molecular weight excluding hydrogens is 238 g/mol. The van der Waals surface area contributed by atoms with Crippen LogP contribution >= 0.6 is 0 Å². The lowest BCUT2D eigenvalue weighted by atomic mass is 10.0. The molecular formula is C15H27N3O. The lowest BCUT2D eigenvalue weighted by Crippen LogP contribution is -2.57. The first-order valence-electron chi connectivity index (χ1n) is 7.19. The fourth-order valence-electron chi connectivity index (χ4n) is 2.56. The molecule has 0 aliphatic carbocycles. The van der Waals surface area contributed by atoms with Crippen molar-refractivity contribution in [2.24, 2.45) is 0 Å². The summed E-state index contributed by atoms with van der Waals surface area (Å²) in [4.78, 5) is 4.97. The van der Waals surface area contributed by atoms with E-state index in [0.717, 1.165) is 38.5 Å². The Labute approximate surface area is 116 Å². The Morgan fingerprint density at radius 1 is 1.32 bits per heavy atom. The average molecular weight is 265 g/mol. The molecule has 2 heterocycles.